The lowest BCUT2D eigenvalue weighted by atomic mass is 10.5. The molecule has 0 aromatic rings. The van der Waals surface area contributed by atoms with Crippen LogP contribution in [0.25, 0.3) is 0 Å². The Labute approximate surface area is 95.8 Å². The highest BCUT2D eigenvalue weighted by Crippen LogP contribution is 2.08. The zero-order valence-electron chi connectivity index (χ0n) is 9.63. The molecule has 0 aromatic carbocycles. The lowest BCUT2D eigenvalue weighted by molar-refractivity contribution is -0.143. The number of hydrogen-bond donors (Lipinski definition) is 0. The fourth-order valence-electron chi connectivity index (χ4n) is 1.02. The van der Waals surface area contributed by atoms with Crippen molar-refractivity contribution in [2.45, 2.75) is 26.0 Å². The van der Waals surface area contributed by atoms with E-state index in [1.54, 1.807) is 19.9 Å². The van der Waals surface area contributed by atoms with E-state index < -0.39 is 21.2 Å². The summed E-state index contributed by atoms with van der Waals surface area (Å²) in [4.78, 5) is 11.2. The van der Waals surface area contributed by atoms with Gasteiger partial charge in [-0.2, -0.15) is 9.57 Å². The summed E-state index contributed by atoms with van der Waals surface area (Å²) in [6.45, 7) is 4.50. The van der Waals surface area contributed by atoms with Crippen LogP contribution in [0.1, 0.15) is 20.8 Å². The summed E-state index contributed by atoms with van der Waals surface area (Å²) in [5.41, 5.74) is 0. The van der Waals surface area contributed by atoms with Crippen LogP contribution in [-0.4, -0.2) is 43.6 Å². The van der Waals surface area contributed by atoms with Crippen molar-refractivity contribution in [3.63, 3.8) is 0 Å². The fourth-order valence-corrected chi connectivity index (χ4v) is 2.25. The van der Waals surface area contributed by atoms with Gasteiger partial charge >= 0.3 is 5.97 Å². The summed E-state index contributed by atoms with van der Waals surface area (Å²) >= 11 is 0. The van der Waals surface area contributed by atoms with Crippen LogP contribution < -0.4 is 0 Å². The number of nitrogens with zero attached hydrogens (tertiary/aromatic N) is 2. The monoisotopic (exact) mass is 248 g/mol. The van der Waals surface area contributed by atoms with Gasteiger partial charge < -0.3 is 4.74 Å². The lowest BCUT2D eigenvalue weighted by Crippen LogP contribution is -2.40. The SMILES string of the molecule is CCOC(=O)CN(CC)S(=O)(=O)C(C)C#N. The van der Waals surface area contributed by atoms with E-state index in [4.69, 9.17) is 5.26 Å². The average molecular weight is 248 g/mol. The van der Waals surface area contributed by atoms with Crippen LogP contribution in [0.15, 0.2) is 0 Å². The largest absolute Gasteiger partial charge is 0.465 e. The highest BCUT2D eigenvalue weighted by Gasteiger charge is 2.29. The standard InChI is InChI=1S/C9H16N2O4S/c1-4-11(7-9(12)15-5-2)16(13,14)8(3)6-10/h8H,4-5,7H2,1-3H3. The van der Waals surface area contributed by atoms with Crippen molar-refractivity contribution >= 4 is 16.0 Å². The molecular formula is C9H16N2O4S. The smallest absolute Gasteiger partial charge is 0.321 e. The molecule has 1 atom stereocenters. The van der Waals surface area contributed by atoms with Gasteiger partial charge in [-0.3, -0.25) is 4.79 Å². The Bertz CT molecular complexity index is 371. The van der Waals surface area contributed by atoms with Gasteiger partial charge in [0.1, 0.15) is 6.54 Å². The Kier molecular flexibility index (Phi) is 6.00. The second-order valence-corrected chi connectivity index (χ2v) is 5.30. The van der Waals surface area contributed by atoms with E-state index >= 15 is 0 Å². The first-order valence-corrected chi connectivity index (χ1v) is 6.44. The number of sulfonamides is 1. The summed E-state index contributed by atoms with van der Waals surface area (Å²) < 4.78 is 29.1. The van der Waals surface area contributed by atoms with Crippen molar-refractivity contribution in [2.75, 3.05) is 19.7 Å². The maximum Gasteiger partial charge on any atom is 0.321 e. The number of nitriles is 1. The number of hydrogen-bond acceptors (Lipinski definition) is 5. The van der Waals surface area contributed by atoms with Crippen LogP contribution in [0.5, 0.6) is 0 Å². The van der Waals surface area contributed by atoms with E-state index in [0.717, 1.165) is 4.31 Å². The first-order chi connectivity index (χ1) is 7.39. The molecule has 0 saturated heterocycles. The summed E-state index contributed by atoms with van der Waals surface area (Å²) in [5.74, 6) is -0.613. The van der Waals surface area contributed by atoms with Crippen LogP contribution in [-0.2, 0) is 19.6 Å². The van der Waals surface area contributed by atoms with Crippen LogP contribution in [0.2, 0.25) is 0 Å². The summed E-state index contributed by atoms with van der Waals surface area (Å²) in [5, 5.41) is 7.42. The Morgan fingerprint density at radius 3 is 2.44 bits per heavy atom. The molecule has 0 rings (SSSR count). The Morgan fingerprint density at radius 1 is 1.50 bits per heavy atom. The molecule has 0 aliphatic carbocycles. The Balaban J connectivity index is 4.76. The van der Waals surface area contributed by atoms with Crippen molar-refractivity contribution in [3.8, 4) is 6.07 Å². The molecule has 0 bridgehead atoms. The molecule has 0 fully saturated rings. The summed E-state index contributed by atoms with van der Waals surface area (Å²) in [6, 6.07) is 1.64. The Morgan fingerprint density at radius 2 is 2.06 bits per heavy atom. The zero-order valence-corrected chi connectivity index (χ0v) is 10.5. The van der Waals surface area contributed by atoms with Gasteiger partial charge in [-0.15, -0.1) is 0 Å². The third kappa shape index (κ3) is 3.79. The number of likely N-dealkylation sites (N-methyl/N-ethyl adjacent to an activating group) is 1. The molecule has 0 heterocycles. The third-order valence-corrected chi connectivity index (χ3v) is 4.06. The minimum Gasteiger partial charge on any atom is -0.465 e. The molecule has 0 aromatic heterocycles. The molecule has 0 radical (unpaired) electrons. The van der Waals surface area contributed by atoms with E-state index in [1.807, 2.05) is 0 Å². The topological polar surface area (TPSA) is 87.5 Å². The van der Waals surface area contributed by atoms with Crippen molar-refractivity contribution in [1.29, 1.82) is 5.26 Å². The van der Waals surface area contributed by atoms with Crippen molar-refractivity contribution in [1.82, 2.24) is 4.31 Å². The second-order valence-electron chi connectivity index (χ2n) is 3.05. The molecule has 0 aliphatic heterocycles. The van der Waals surface area contributed by atoms with Gasteiger partial charge in [0.2, 0.25) is 10.0 Å². The summed E-state index contributed by atoms with van der Waals surface area (Å²) in [7, 11) is -3.74. The molecule has 0 saturated carbocycles. The molecule has 7 heteroatoms. The number of carbonyl (C=O) groups excluding carboxylic acids is 1. The van der Waals surface area contributed by atoms with E-state index in [2.05, 4.69) is 4.74 Å². The predicted molar refractivity (Wildman–Crippen MR) is 57.9 cm³/mol. The second kappa shape index (κ2) is 6.45. The van der Waals surface area contributed by atoms with Crippen LogP contribution in [0, 0.1) is 11.3 Å². The predicted octanol–water partition coefficient (Wildman–Crippen LogP) is 0.113. The van der Waals surface area contributed by atoms with Gasteiger partial charge in [0.15, 0.2) is 5.25 Å². The molecule has 0 aliphatic rings. The lowest BCUT2D eigenvalue weighted by Gasteiger charge is -2.20. The maximum absolute atomic E-state index is 11.7. The average Bonchev–Trinajstić information content (AvgIpc) is 2.24. The molecule has 0 spiro atoms. The fraction of sp³-hybridized carbons (Fsp3) is 0.778. The minimum atomic E-state index is -3.74. The van der Waals surface area contributed by atoms with E-state index in [9.17, 15) is 13.2 Å². The molecule has 92 valence electrons. The van der Waals surface area contributed by atoms with Crippen LogP contribution >= 0.6 is 0 Å². The van der Waals surface area contributed by atoms with Crippen molar-refractivity contribution < 1.29 is 17.9 Å². The van der Waals surface area contributed by atoms with Crippen LogP contribution in [0.4, 0.5) is 0 Å². The minimum absolute atomic E-state index is 0.132. The summed E-state index contributed by atoms with van der Waals surface area (Å²) in [6.07, 6.45) is 0. The molecular weight excluding hydrogens is 232 g/mol. The van der Waals surface area contributed by atoms with Gasteiger partial charge in [0.25, 0.3) is 0 Å². The highest BCUT2D eigenvalue weighted by atomic mass is 32.2. The van der Waals surface area contributed by atoms with Gasteiger partial charge in [0, 0.05) is 6.54 Å². The third-order valence-electron chi connectivity index (χ3n) is 1.95. The van der Waals surface area contributed by atoms with E-state index in [1.165, 1.54) is 6.92 Å². The first kappa shape index (κ1) is 14.9. The first-order valence-electron chi connectivity index (χ1n) is 4.94. The number of esters is 1. The van der Waals surface area contributed by atoms with Crippen molar-refractivity contribution in [2.24, 2.45) is 0 Å². The molecule has 16 heavy (non-hydrogen) atoms. The van der Waals surface area contributed by atoms with Crippen LogP contribution in [0.3, 0.4) is 0 Å². The van der Waals surface area contributed by atoms with Gasteiger partial charge in [-0.1, -0.05) is 6.92 Å². The molecule has 6 nitrogen and oxygen atoms in total. The number of carbonyl (C=O) groups is 1. The molecule has 1 unspecified atom stereocenters. The van der Waals surface area contributed by atoms with E-state index in [-0.39, 0.29) is 19.7 Å². The molecule has 0 N–H and O–H groups in total. The normalized spacial score (nSPS) is 13.2. The number of rotatable bonds is 6. The van der Waals surface area contributed by atoms with Gasteiger partial charge in [-0.05, 0) is 13.8 Å². The van der Waals surface area contributed by atoms with Gasteiger partial charge in [-0.25, -0.2) is 8.42 Å². The van der Waals surface area contributed by atoms with E-state index in [0.29, 0.717) is 0 Å². The Hall–Kier alpha value is -1.13. The highest BCUT2D eigenvalue weighted by molar-refractivity contribution is 7.90. The number of ether oxygens (including phenoxy) is 1. The zero-order chi connectivity index (χ0) is 12.8. The van der Waals surface area contributed by atoms with Crippen molar-refractivity contribution in [3.05, 3.63) is 0 Å². The quantitative estimate of drug-likeness (QED) is 0.623. The molecule has 0 amide bonds. The van der Waals surface area contributed by atoms with Gasteiger partial charge in [0.05, 0.1) is 12.7 Å². The maximum atomic E-state index is 11.7.